The van der Waals surface area contributed by atoms with Gasteiger partial charge >= 0.3 is 5.69 Å². The third-order valence-corrected chi connectivity index (χ3v) is 3.83. The minimum atomic E-state index is -2.09. The summed E-state index contributed by atoms with van der Waals surface area (Å²) in [6.07, 6.45) is -1.41. The number of ether oxygens (including phenoxy) is 1. The average Bonchev–Trinajstić information content (AvgIpc) is 2.50. The van der Waals surface area contributed by atoms with E-state index in [1.54, 1.807) is 0 Å². The number of halogens is 1. The fourth-order valence-corrected chi connectivity index (χ4v) is 2.36. The Morgan fingerprint density at radius 3 is 2.79 bits per heavy atom. The predicted molar refractivity (Wildman–Crippen MR) is 65.3 cm³/mol. The Kier molecular flexibility index (Phi) is 3.31. The van der Waals surface area contributed by atoms with Crippen LogP contribution in [0, 0.1) is 0 Å². The molecular weight excluding hydrogens is 278 g/mol. The second-order valence-corrected chi connectivity index (χ2v) is 5.01. The molecular formula is C10H14ClN3O5. The van der Waals surface area contributed by atoms with Crippen LogP contribution in [0.5, 0.6) is 0 Å². The van der Waals surface area contributed by atoms with E-state index in [0.717, 1.165) is 4.57 Å². The number of rotatable bonds is 2. The highest BCUT2D eigenvalue weighted by atomic mass is 35.5. The van der Waals surface area contributed by atoms with Crippen molar-refractivity contribution in [2.75, 3.05) is 12.3 Å². The van der Waals surface area contributed by atoms with E-state index < -0.39 is 35.3 Å². The summed E-state index contributed by atoms with van der Waals surface area (Å²) in [6.45, 7) is 0.631. The van der Waals surface area contributed by atoms with E-state index in [1.807, 2.05) is 0 Å². The highest BCUT2D eigenvalue weighted by molar-refractivity contribution is 6.22. The number of aliphatic hydroxyl groups excluding tert-OH is 2. The Labute approximate surface area is 113 Å². The first-order valence-electron chi connectivity index (χ1n) is 5.47. The zero-order valence-corrected chi connectivity index (χ0v) is 10.8. The summed E-state index contributed by atoms with van der Waals surface area (Å²) in [4.78, 5) is 15.2. The number of nitrogens with zero attached hydrogens (tertiary/aromatic N) is 2. The Morgan fingerprint density at radius 1 is 1.68 bits per heavy atom. The van der Waals surface area contributed by atoms with Crippen molar-refractivity contribution in [1.82, 2.24) is 9.55 Å². The van der Waals surface area contributed by atoms with Crippen molar-refractivity contribution >= 4 is 17.4 Å². The van der Waals surface area contributed by atoms with E-state index in [1.165, 1.54) is 19.2 Å². The van der Waals surface area contributed by atoms with Crippen molar-refractivity contribution in [2.45, 2.75) is 29.9 Å². The lowest BCUT2D eigenvalue weighted by molar-refractivity contribution is -0.132. The van der Waals surface area contributed by atoms with Gasteiger partial charge in [0, 0.05) is 6.20 Å². The fraction of sp³-hybridized carbons (Fsp3) is 0.600. The third-order valence-electron chi connectivity index (χ3n) is 3.17. The predicted octanol–water partition coefficient (Wildman–Crippen LogP) is -1.82. The van der Waals surface area contributed by atoms with Gasteiger partial charge in [-0.3, -0.25) is 4.57 Å². The molecule has 9 heteroatoms. The number of anilines is 1. The van der Waals surface area contributed by atoms with Crippen molar-refractivity contribution in [3.05, 3.63) is 22.7 Å². The van der Waals surface area contributed by atoms with Crippen LogP contribution in [0.1, 0.15) is 6.92 Å². The summed E-state index contributed by atoms with van der Waals surface area (Å²) in [5.74, 6) is -0.0154. The second kappa shape index (κ2) is 4.43. The molecule has 2 heterocycles. The van der Waals surface area contributed by atoms with Crippen molar-refractivity contribution in [3.8, 4) is 0 Å². The van der Waals surface area contributed by atoms with Crippen LogP contribution in [0.25, 0.3) is 0 Å². The maximum atomic E-state index is 11.8. The molecule has 0 spiro atoms. The van der Waals surface area contributed by atoms with Crippen LogP contribution in [-0.2, 0) is 9.92 Å². The molecule has 1 aliphatic rings. The average molecular weight is 292 g/mol. The minimum Gasteiger partial charge on any atom is -0.394 e. The molecule has 0 radical (unpaired) electrons. The molecule has 1 saturated heterocycles. The number of aliphatic hydroxyl groups is 3. The van der Waals surface area contributed by atoms with Crippen molar-refractivity contribution in [2.24, 2.45) is 0 Å². The van der Waals surface area contributed by atoms with Crippen LogP contribution in [-0.4, -0.2) is 49.3 Å². The van der Waals surface area contributed by atoms with E-state index in [9.17, 15) is 15.0 Å². The topological polar surface area (TPSA) is 131 Å². The lowest BCUT2D eigenvalue weighted by Crippen LogP contribution is -2.55. The molecule has 0 aliphatic carbocycles. The summed E-state index contributed by atoms with van der Waals surface area (Å²) in [5, 5.41) is 27.2. The monoisotopic (exact) mass is 291 g/mol. The van der Waals surface area contributed by atoms with Crippen molar-refractivity contribution < 1.29 is 20.1 Å². The molecule has 8 nitrogen and oxygen atoms in total. The van der Waals surface area contributed by atoms with Gasteiger partial charge in [0.1, 0.15) is 18.0 Å². The van der Waals surface area contributed by atoms with Gasteiger partial charge in [-0.05, 0) is 13.0 Å². The van der Waals surface area contributed by atoms with E-state index in [4.69, 9.17) is 27.2 Å². The van der Waals surface area contributed by atoms with Crippen LogP contribution >= 0.6 is 11.6 Å². The maximum Gasteiger partial charge on any atom is 0.352 e. The molecule has 0 bridgehead atoms. The van der Waals surface area contributed by atoms with E-state index in [2.05, 4.69) is 4.98 Å². The lowest BCUT2D eigenvalue weighted by Gasteiger charge is -2.34. The SMILES string of the molecule is C[C@@]1(O)[C@H](O)[C@@H](CO)O[C@@]1(Cl)n1ccc(N)nc1=O. The highest BCUT2D eigenvalue weighted by Crippen LogP contribution is 2.45. The van der Waals surface area contributed by atoms with Gasteiger partial charge in [0.2, 0.25) is 0 Å². The number of nitrogens with two attached hydrogens (primary N) is 1. The Morgan fingerprint density at radius 2 is 2.32 bits per heavy atom. The molecule has 2 rings (SSSR count). The summed E-state index contributed by atoms with van der Waals surface area (Å²) in [6, 6.07) is 1.30. The number of hydrogen-bond acceptors (Lipinski definition) is 7. The van der Waals surface area contributed by atoms with Crippen LogP contribution in [0.3, 0.4) is 0 Å². The van der Waals surface area contributed by atoms with Crippen LogP contribution in [0.2, 0.25) is 0 Å². The van der Waals surface area contributed by atoms with Crippen LogP contribution in [0.15, 0.2) is 17.1 Å². The first-order valence-corrected chi connectivity index (χ1v) is 5.85. The fourth-order valence-electron chi connectivity index (χ4n) is 2.00. The molecule has 1 fully saturated rings. The van der Waals surface area contributed by atoms with E-state index >= 15 is 0 Å². The lowest BCUT2D eigenvalue weighted by atomic mass is 9.96. The maximum absolute atomic E-state index is 11.8. The molecule has 5 N–H and O–H groups in total. The normalized spacial score (nSPS) is 38.6. The van der Waals surface area contributed by atoms with E-state index in [-0.39, 0.29) is 5.82 Å². The standard InChI is InChI=1S/C10H14ClN3O5/c1-9(18)7(16)5(4-15)19-10(9,11)14-3-2-6(12)13-8(14)17/h2-3,5,7,15-16,18H,4H2,1H3,(H2,12,13,17)/t5-,7-,9-,10+/m1/s1. The molecule has 106 valence electrons. The van der Waals surface area contributed by atoms with Crippen LogP contribution < -0.4 is 11.4 Å². The zero-order chi connectivity index (χ0) is 14.4. The molecule has 1 aromatic heterocycles. The Balaban J connectivity index is 2.56. The van der Waals surface area contributed by atoms with Gasteiger partial charge < -0.3 is 25.8 Å². The molecule has 19 heavy (non-hydrogen) atoms. The number of alkyl halides is 1. The largest absolute Gasteiger partial charge is 0.394 e. The van der Waals surface area contributed by atoms with E-state index in [0.29, 0.717) is 0 Å². The summed E-state index contributed by atoms with van der Waals surface area (Å²) in [5.41, 5.74) is 2.50. The van der Waals surface area contributed by atoms with Gasteiger partial charge in [-0.25, -0.2) is 4.79 Å². The Bertz CT molecular complexity index is 548. The van der Waals surface area contributed by atoms with Gasteiger partial charge in [0.05, 0.1) is 6.61 Å². The molecule has 0 amide bonds. The third kappa shape index (κ3) is 1.92. The minimum absolute atomic E-state index is 0.0154. The van der Waals surface area contributed by atoms with Crippen LogP contribution in [0.4, 0.5) is 5.82 Å². The quantitative estimate of drug-likeness (QED) is 0.472. The first-order chi connectivity index (χ1) is 8.74. The number of aromatic nitrogens is 2. The van der Waals surface area contributed by atoms with Crippen molar-refractivity contribution in [1.29, 1.82) is 0 Å². The van der Waals surface area contributed by atoms with Gasteiger partial charge in [-0.15, -0.1) is 0 Å². The molecule has 0 unspecified atom stereocenters. The zero-order valence-electron chi connectivity index (χ0n) is 10.0. The summed E-state index contributed by atoms with van der Waals surface area (Å²) >= 11 is 6.15. The summed E-state index contributed by atoms with van der Waals surface area (Å²) < 4.78 is 6.04. The molecule has 1 aromatic rings. The van der Waals surface area contributed by atoms with Gasteiger partial charge in [0.15, 0.2) is 5.60 Å². The number of hydrogen-bond donors (Lipinski definition) is 4. The second-order valence-electron chi connectivity index (χ2n) is 4.50. The molecule has 0 saturated carbocycles. The van der Waals surface area contributed by atoms with Gasteiger partial charge in [-0.2, -0.15) is 4.98 Å². The molecule has 4 atom stereocenters. The Hall–Kier alpha value is -1.19. The first kappa shape index (κ1) is 14.2. The van der Waals surface area contributed by atoms with Gasteiger partial charge in [-0.1, -0.05) is 11.6 Å². The highest BCUT2D eigenvalue weighted by Gasteiger charge is 2.63. The van der Waals surface area contributed by atoms with Gasteiger partial charge in [0.25, 0.3) is 5.18 Å². The smallest absolute Gasteiger partial charge is 0.352 e. The van der Waals surface area contributed by atoms with Crippen molar-refractivity contribution in [3.63, 3.8) is 0 Å². The molecule has 1 aliphatic heterocycles. The summed E-state index contributed by atoms with van der Waals surface area (Å²) in [7, 11) is 0. The number of nitrogen functional groups attached to an aromatic ring is 1. The molecule has 0 aromatic carbocycles.